The molecule has 0 unspecified atom stereocenters. The van der Waals surface area contributed by atoms with E-state index in [1.165, 1.54) is 0 Å². The number of aliphatic hydroxyl groups excluding tert-OH is 1. The molecule has 122 valence electrons. The molecule has 6 heteroatoms. The van der Waals surface area contributed by atoms with Crippen molar-refractivity contribution in [2.45, 2.75) is 32.2 Å². The zero-order chi connectivity index (χ0) is 15.5. The third-order valence-electron chi connectivity index (χ3n) is 3.75. The lowest BCUT2D eigenvalue weighted by atomic mass is 10.2. The third kappa shape index (κ3) is 3.82. The fraction of sp³-hybridized carbons (Fsp3) is 0.625. The molecule has 1 saturated heterocycles. The van der Waals surface area contributed by atoms with Crippen molar-refractivity contribution in [2.75, 3.05) is 33.0 Å². The van der Waals surface area contributed by atoms with Crippen molar-refractivity contribution in [1.29, 1.82) is 0 Å². The average Bonchev–Trinajstić information content (AvgIpc) is 2.91. The molecule has 2 aliphatic heterocycles. The predicted octanol–water partition coefficient (Wildman–Crippen LogP) is 1.26. The zero-order valence-electron chi connectivity index (χ0n) is 13.0. The maximum Gasteiger partial charge on any atom is 0.231 e. The molecule has 2 aliphatic rings. The highest BCUT2D eigenvalue weighted by Gasteiger charge is 2.24. The standard InChI is InChI=1S/C16H23NO5/c1-11-6-17(7-12(2)22-11)8-13(18)9-19-14-3-4-15-16(5-14)21-10-20-15/h3-5,11-13,18H,6-10H2,1-2H3/t11-,12-,13-/m0/s1. The van der Waals surface area contributed by atoms with Crippen LogP contribution in [0, 0.1) is 0 Å². The molecule has 22 heavy (non-hydrogen) atoms. The molecule has 1 aromatic carbocycles. The van der Waals surface area contributed by atoms with Gasteiger partial charge >= 0.3 is 0 Å². The lowest BCUT2D eigenvalue weighted by molar-refractivity contribution is -0.0786. The van der Waals surface area contributed by atoms with Gasteiger partial charge in [-0.1, -0.05) is 0 Å². The number of benzene rings is 1. The lowest BCUT2D eigenvalue weighted by Gasteiger charge is -2.36. The number of nitrogens with zero attached hydrogens (tertiary/aromatic N) is 1. The van der Waals surface area contributed by atoms with Crippen LogP contribution in [0.25, 0.3) is 0 Å². The Bertz CT molecular complexity index is 499. The Morgan fingerprint density at radius 1 is 1.23 bits per heavy atom. The summed E-state index contributed by atoms with van der Waals surface area (Å²) in [5.74, 6) is 2.08. The van der Waals surface area contributed by atoms with Crippen LogP contribution < -0.4 is 14.2 Å². The van der Waals surface area contributed by atoms with Crippen LogP contribution in [-0.2, 0) is 4.74 Å². The topological polar surface area (TPSA) is 60.4 Å². The van der Waals surface area contributed by atoms with Gasteiger partial charge in [0.1, 0.15) is 18.5 Å². The second-order valence-electron chi connectivity index (χ2n) is 5.96. The van der Waals surface area contributed by atoms with Crippen molar-refractivity contribution in [2.24, 2.45) is 0 Å². The van der Waals surface area contributed by atoms with E-state index in [2.05, 4.69) is 18.7 Å². The largest absolute Gasteiger partial charge is 0.491 e. The van der Waals surface area contributed by atoms with Crippen LogP contribution >= 0.6 is 0 Å². The summed E-state index contributed by atoms with van der Waals surface area (Å²) < 4.78 is 21.9. The van der Waals surface area contributed by atoms with E-state index in [-0.39, 0.29) is 25.6 Å². The quantitative estimate of drug-likeness (QED) is 0.884. The second-order valence-corrected chi connectivity index (χ2v) is 5.96. The molecule has 0 saturated carbocycles. The van der Waals surface area contributed by atoms with Gasteiger partial charge in [0, 0.05) is 25.7 Å². The van der Waals surface area contributed by atoms with E-state index in [0.717, 1.165) is 18.8 Å². The Morgan fingerprint density at radius 3 is 2.73 bits per heavy atom. The van der Waals surface area contributed by atoms with E-state index < -0.39 is 6.10 Å². The number of morpholine rings is 1. The van der Waals surface area contributed by atoms with Crippen LogP contribution in [0.5, 0.6) is 17.2 Å². The number of hydrogen-bond donors (Lipinski definition) is 1. The van der Waals surface area contributed by atoms with Crippen LogP contribution in [0.15, 0.2) is 18.2 Å². The van der Waals surface area contributed by atoms with Crippen LogP contribution in [0.1, 0.15) is 13.8 Å². The molecule has 0 spiro atoms. The van der Waals surface area contributed by atoms with E-state index in [1.807, 2.05) is 12.1 Å². The Labute approximate surface area is 130 Å². The van der Waals surface area contributed by atoms with Gasteiger partial charge in [0.05, 0.1) is 12.2 Å². The summed E-state index contributed by atoms with van der Waals surface area (Å²) in [5.41, 5.74) is 0. The van der Waals surface area contributed by atoms with Crippen molar-refractivity contribution < 1.29 is 24.1 Å². The minimum absolute atomic E-state index is 0.200. The monoisotopic (exact) mass is 309 g/mol. The number of aliphatic hydroxyl groups is 1. The Kier molecular flexibility index (Phi) is 4.71. The van der Waals surface area contributed by atoms with Crippen molar-refractivity contribution >= 4 is 0 Å². The fourth-order valence-electron chi connectivity index (χ4n) is 2.94. The number of fused-ring (bicyclic) bond motifs is 1. The van der Waals surface area contributed by atoms with Crippen molar-refractivity contribution in [3.05, 3.63) is 18.2 Å². The number of ether oxygens (including phenoxy) is 4. The molecular formula is C16H23NO5. The van der Waals surface area contributed by atoms with E-state index >= 15 is 0 Å². The highest BCUT2D eigenvalue weighted by Crippen LogP contribution is 2.35. The number of hydrogen-bond acceptors (Lipinski definition) is 6. The van der Waals surface area contributed by atoms with Gasteiger partial charge < -0.3 is 24.1 Å². The summed E-state index contributed by atoms with van der Waals surface area (Å²) in [7, 11) is 0. The average molecular weight is 309 g/mol. The molecule has 1 fully saturated rings. The highest BCUT2D eigenvalue weighted by molar-refractivity contribution is 5.46. The molecule has 0 bridgehead atoms. The van der Waals surface area contributed by atoms with Crippen molar-refractivity contribution in [3.8, 4) is 17.2 Å². The van der Waals surface area contributed by atoms with Crippen LogP contribution in [0.2, 0.25) is 0 Å². The van der Waals surface area contributed by atoms with Crippen molar-refractivity contribution in [3.63, 3.8) is 0 Å². The maximum absolute atomic E-state index is 10.2. The summed E-state index contributed by atoms with van der Waals surface area (Å²) in [6.07, 6.45) is -0.139. The fourth-order valence-corrected chi connectivity index (χ4v) is 2.94. The van der Waals surface area contributed by atoms with Crippen LogP contribution in [0.3, 0.4) is 0 Å². The van der Waals surface area contributed by atoms with E-state index in [0.29, 0.717) is 18.0 Å². The van der Waals surface area contributed by atoms with Gasteiger partial charge in [-0.25, -0.2) is 0 Å². The number of β-amino-alcohol motifs (C(OH)–C–C–N with tert-alkyl or cyclic N) is 1. The number of rotatable bonds is 5. The molecular weight excluding hydrogens is 286 g/mol. The first-order valence-electron chi connectivity index (χ1n) is 7.68. The zero-order valence-corrected chi connectivity index (χ0v) is 13.0. The Morgan fingerprint density at radius 2 is 1.95 bits per heavy atom. The molecule has 3 rings (SSSR count). The van der Waals surface area contributed by atoms with E-state index in [1.54, 1.807) is 6.07 Å². The van der Waals surface area contributed by atoms with Gasteiger partial charge in [-0.05, 0) is 26.0 Å². The first-order valence-corrected chi connectivity index (χ1v) is 7.68. The van der Waals surface area contributed by atoms with Gasteiger partial charge in [0.15, 0.2) is 11.5 Å². The lowest BCUT2D eigenvalue weighted by Crippen LogP contribution is -2.48. The summed E-state index contributed by atoms with van der Waals surface area (Å²) >= 11 is 0. The van der Waals surface area contributed by atoms with Crippen LogP contribution in [-0.4, -0.2) is 61.4 Å². The first-order chi connectivity index (χ1) is 10.6. The SMILES string of the molecule is C[C@H]1CN(C[C@H](O)COc2ccc3c(c2)OCO3)C[C@H](C)O1. The highest BCUT2D eigenvalue weighted by atomic mass is 16.7. The predicted molar refractivity (Wildman–Crippen MR) is 80.5 cm³/mol. The van der Waals surface area contributed by atoms with Gasteiger partial charge in [-0.2, -0.15) is 0 Å². The maximum atomic E-state index is 10.2. The molecule has 1 N–H and O–H groups in total. The summed E-state index contributed by atoms with van der Waals surface area (Å²) in [5, 5.41) is 10.2. The Hall–Kier alpha value is -1.50. The summed E-state index contributed by atoms with van der Waals surface area (Å²) in [4.78, 5) is 2.21. The molecule has 0 aliphatic carbocycles. The van der Waals surface area contributed by atoms with Gasteiger partial charge in [-0.3, -0.25) is 4.90 Å². The normalized spacial score (nSPS) is 26.0. The second kappa shape index (κ2) is 6.73. The smallest absolute Gasteiger partial charge is 0.231 e. The van der Waals surface area contributed by atoms with Gasteiger partial charge in [0.2, 0.25) is 6.79 Å². The first kappa shape index (κ1) is 15.4. The van der Waals surface area contributed by atoms with Gasteiger partial charge in [-0.15, -0.1) is 0 Å². The van der Waals surface area contributed by atoms with Crippen molar-refractivity contribution in [1.82, 2.24) is 4.90 Å². The summed E-state index contributed by atoms with van der Waals surface area (Å²) in [6.45, 7) is 6.87. The van der Waals surface area contributed by atoms with E-state index in [9.17, 15) is 5.11 Å². The van der Waals surface area contributed by atoms with Crippen LogP contribution in [0.4, 0.5) is 0 Å². The van der Waals surface area contributed by atoms with E-state index in [4.69, 9.17) is 18.9 Å². The minimum Gasteiger partial charge on any atom is -0.491 e. The Balaban J connectivity index is 1.47. The third-order valence-corrected chi connectivity index (χ3v) is 3.75. The molecule has 3 atom stereocenters. The van der Waals surface area contributed by atoms with Gasteiger partial charge in [0.25, 0.3) is 0 Å². The summed E-state index contributed by atoms with van der Waals surface area (Å²) in [6, 6.07) is 5.42. The molecule has 0 aromatic heterocycles. The molecule has 0 radical (unpaired) electrons. The molecule has 1 aromatic rings. The molecule has 6 nitrogen and oxygen atoms in total. The molecule has 2 heterocycles. The molecule has 0 amide bonds. The minimum atomic E-state index is -0.539.